The third kappa shape index (κ3) is 5.49. The van der Waals surface area contributed by atoms with Gasteiger partial charge in [0.15, 0.2) is 0 Å². The van der Waals surface area contributed by atoms with Crippen LogP contribution in [0.2, 0.25) is 0 Å². The molecular formula is C17H19O4P. The van der Waals surface area contributed by atoms with Crippen LogP contribution in [0, 0.1) is 0 Å². The summed E-state index contributed by atoms with van der Waals surface area (Å²) in [6, 6.07) is 18.9. The Morgan fingerprint density at radius 1 is 0.864 bits per heavy atom. The number of benzene rings is 2. The maximum absolute atomic E-state index is 12.6. The van der Waals surface area contributed by atoms with Gasteiger partial charge < -0.3 is 4.52 Å². The summed E-state index contributed by atoms with van der Waals surface area (Å²) < 4.78 is 28.6. The molecule has 0 unspecified atom stereocenters. The molecule has 0 aliphatic rings. The zero-order chi connectivity index (χ0) is 15.7. The first kappa shape index (κ1) is 16.5. The van der Waals surface area contributed by atoms with E-state index in [9.17, 15) is 4.57 Å². The van der Waals surface area contributed by atoms with Crippen LogP contribution < -0.4 is 0 Å². The molecule has 0 heterocycles. The van der Waals surface area contributed by atoms with E-state index in [1.54, 1.807) is 13.0 Å². The maximum atomic E-state index is 12.6. The summed E-state index contributed by atoms with van der Waals surface area (Å²) >= 11 is 0. The van der Waals surface area contributed by atoms with Crippen molar-refractivity contribution in [1.82, 2.24) is 0 Å². The number of hydrogen-bond donors (Lipinski definition) is 0. The average molecular weight is 318 g/mol. The number of allylic oxidation sites excluding steroid dienone is 1. The molecule has 0 aliphatic heterocycles. The first-order chi connectivity index (χ1) is 10.7. The highest BCUT2D eigenvalue weighted by molar-refractivity contribution is 7.48. The van der Waals surface area contributed by atoms with Crippen molar-refractivity contribution in [3.05, 3.63) is 84.1 Å². The van der Waals surface area contributed by atoms with Gasteiger partial charge in [-0.25, -0.2) is 4.57 Å². The van der Waals surface area contributed by atoms with Crippen LogP contribution in [-0.4, -0.2) is 0 Å². The molecule has 0 fully saturated rings. The van der Waals surface area contributed by atoms with Gasteiger partial charge in [-0.05, 0) is 18.1 Å². The summed E-state index contributed by atoms with van der Waals surface area (Å²) in [4.78, 5) is 0. The monoisotopic (exact) mass is 318 g/mol. The molecular weight excluding hydrogens is 299 g/mol. The van der Waals surface area contributed by atoms with E-state index < -0.39 is 7.82 Å². The van der Waals surface area contributed by atoms with E-state index in [0.717, 1.165) is 11.1 Å². The Bertz CT molecular complexity index is 578. The fourth-order valence-electron chi connectivity index (χ4n) is 1.69. The van der Waals surface area contributed by atoms with E-state index in [-0.39, 0.29) is 13.2 Å². The van der Waals surface area contributed by atoms with Gasteiger partial charge >= 0.3 is 7.82 Å². The molecule has 0 aliphatic carbocycles. The van der Waals surface area contributed by atoms with Crippen LogP contribution in [-0.2, 0) is 31.4 Å². The predicted molar refractivity (Wildman–Crippen MR) is 86.0 cm³/mol. The molecule has 0 radical (unpaired) electrons. The zero-order valence-electron chi connectivity index (χ0n) is 12.4. The second kappa shape index (κ2) is 8.54. The van der Waals surface area contributed by atoms with Crippen LogP contribution in [0.25, 0.3) is 0 Å². The Labute approximate surface area is 131 Å². The maximum Gasteiger partial charge on any atom is 0.530 e. The summed E-state index contributed by atoms with van der Waals surface area (Å²) in [7, 11) is -3.65. The lowest BCUT2D eigenvalue weighted by Gasteiger charge is -2.16. The van der Waals surface area contributed by atoms with E-state index in [0.29, 0.717) is 0 Å². The molecule has 2 aromatic carbocycles. The summed E-state index contributed by atoms with van der Waals surface area (Å²) in [5.74, 6) is 0. The van der Waals surface area contributed by atoms with Crippen LogP contribution in [0.1, 0.15) is 18.1 Å². The van der Waals surface area contributed by atoms with Crippen molar-refractivity contribution < 1.29 is 18.1 Å². The van der Waals surface area contributed by atoms with Crippen LogP contribution >= 0.6 is 7.82 Å². The van der Waals surface area contributed by atoms with Crippen molar-refractivity contribution in [3.63, 3.8) is 0 Å². The first-order valence-electron chi connectivity index (χ1n) is 6.98. The fraction of sp³-hybridized carbons (Fsp3) is 0.176. The van der Waals surface area contributed by atoms with Crippen molar-refractivity contribution >= 4 is 7.82 Å². The molecule has 0 N–H and O–H groups in total. The van der Waals surface area contributed by atoms with Crippen molar-refractivity contribution in [2.24, 2.45) is 0 Å². The molecule has 0 saturated carbocycles. The van der Waals surface area contributed by atoms with Gasteiger partial charge in [0.05, 0.1) is 19.5 Å². The molecule has 0 amide bonds. The Morgan fingerprint density at radius 2 is 1.32 bits per heavy atom. The van der Waals surface area contributed by atoms with Crippen LogP contribution in [0.3, 0.4) is 0 Å². The molecule has 5 heteroatoms. The van der Waals surface area contributed by atoms with Crippen LogP contribution in [0.5, 0.6) is 0 Å². The third-order valence-corrected chi connectivity index (χ3v) is 4.06. The molecule has 0 saturated heterocycles. The standard InChI is InChI=1S/C17H19O4P/c1-2-13-19-22(18,20-14-16-9-5-3-6-10-16)21-15-17-11-7-4-8-12-17/h2-13H,14-15H2,1H3/b13-2+. The Balaban J connectivity index is 1.98. The van der Waals surface area contributed by atoms with Gasteiger partial charge in [0.25, 0.3) is 0 Å². The second-order valence-electron chi connectivity index (χ2n) is 4.54. The lowest BCUT2D eigenvalue weighted by molar-refractivity contribution is 0.131. The largest absolute Gasteiger partial charge is 0.530 e. The third-order valence-electron chi connectivity index (χ3n) is 2.79. The Kier molecular flexibility index (Phi) is 6.41. The Hall–Kier alpha value is -1.87. The smallest absolute Gasteiger partial charge is 0.412 e. The summed E-state index contributed by atoms with van der Waals surface area (Å²) in [5, 5.41) is 0. The molecule has 2 aromatic rings. The fourth-order valence-corrected chi connectivity index (χ4v) is 2.77. The Morgan fingerprint density at radius 3 is 1.73 bits per heavy atom. The van der Waals surface area contributed by atoms with E-state index in [1.165, 1.54) is 6.26 Å². The normalized spacial score (nSPS) is 11.7. The van der Waals surface area contributed by atoms with Crippen molar-refractivity contribution in [1.29, 1.82) is 0 Å². The predicted octanol–water partition coefficient (Wildman–Crippen LogP) is 5.08. The summed E-state index contributed by atoms with van der Waals surface area (Å²) in [6.45, 7) is 2.08. The molecule has 2 rings (SSSR count). The zero-order valence-corrected chi connectivity index (χ0v) is 13.3. The molecule has 0 atom stereocenters. The SMILES string of the molecule is C/C=C/OP(=O)(OCc1ccccc1)OCc1ccccc1. The van der Waals surface area contributed by atoms with Gasteiger partial charge in [0.2, 0.25) is 0 Å². The lowest BCUT2D eigenvalue weighted by Crippen LogP contribution is -1.99. The van der Waals surface area contributed by atoms with E-state index in [2.05, 4.69) is 0 Å². The molecule has 116 valence electrons. The minimum Gasteiger partial charge on any atom is -0.412 e. The molecule has 0 bridgehead atoms. The van der Waals surface area contributed by atoms with E-state index in [4.69, 9.17) is 13.6 Å². The van der Waals surface area contributed by atoms with Gasteiger partial charge in [0.1, 0.15) is 0 Å². The van der Waals surface area contributed by atoms with Gasteiger partial charge in [-0.2, -0.15) is 0 Å². The van der Waals surface area contributed by atoms with Crippen molar-refractivity contribution in [2.45, 2.75) is 20.1 Å². The second-order valence-corrected chi connectivity index (χ2v) is 6.16. The number of phosphoric acid groups is 1. The van der Waals surface area contributed by atoms with Gasteiger partial charge in [-0.1, -0.05) is 66.7 Å². The topological polar surface area (TPSA) is 44.8 Å². The van der Waals surface area contributed by atoms with Crippen LogP contribution in [0.15, 0.2) is 73.0 Å². The lowest BCUT2D eigenvalue weighted by atomic mass is 10.2. The molecule has 0 aromatic heterocycles. The van der Waals surface area contributed by atoms with Gasteiger partial charge in [-0.3, -0.25) is 9.05 Å². The summed E-state index contributed by atoms with van der Waals surface area (Å²) in [6.07, 6.45) is 2.95. The highest BCUT2D eigenvalue weighted by Gasteiger charge is 2.27. The number of hydrogen-bond acceptors (Lipinski definition) is 4. The van der Waals surface area contributed by atoms with E-state index in [1.807, 2.05) is 60.7 Å². The molecule has 0 spiro atoms. The van der Waals surface area contributed by atoms with Crippen LogP contribution in [0.4, 0.5) is 0 Å². The highest BCUT2D eigenvalue weighted by atomic mass is 31.2. The van der Waals surface area contributed by atoms with Crippen molar-refractivity contribution in [2.75, 3.05) is 0 Å². The first-order valence-corrected chi connectivity index (χ1v) is 8.44. The molecule has 4 nitrogen and oxygen atoms in total. The minimum atomic E-state index is -3.65. The minimum absolute atomic E-state index is 0.157. The average Bonchev–Trinajstić information content (AvgIpc) is 2.59. The highest BCUT2D eigenvalue weighted by Crippen LogP contribution is 2.51. The number of phosphoric ester groups is 1. The van der Waals surface area contributed by atoms with Gasteiger partial charge in [-0.15, -0.1) is 0 Å². The van der Waals surface area contributed by atoms with E-state index >= 15 is 0 Å². The summed E-state index contributed by atoms with van der Waals surface area (Å²) in [5.41, 5.74) is 1.80. The van der Waals surface area contributed by atoms with Crippen molar-refractivity contribution in [3.8, 4) is 0 Å². The quantitative estimate of drug-likeness (QED) is 0.503. The number of rotatable bonds is 8. The van der Waals surface area contributed by atoms with Gasteiger partial charge in [0, 0.05) is 0 Å². The molecule has 22 heavy (non-hydrogen) atoms.